The van der Waals surface area contributed by atoms with E-state index in [0.717, 1.165) is 11.8 Å². The fourth-order valence-corrected chi connectivity index (χ4v) is 5.47. The van der Waals surface area contributed by atoms with Crippen LogP contribution in [0.15, 0.2) is 30.3 Å². The topological polar surface area (TPSA) is 65.1 Å². The van der Waals surface area contributed by atoms with Crippen molar-refractivity contribution in [2.24, 2.45) is 0 Å². The number of carbonyl (C=O) groups is 2. The first-order valence-corrected chi connectivity index (χ1v) is 14.1. The van der Waals surface area contributed by atoms with Gasteiger partial charge in [0, 0.05) is 13.0 Å². The van der Waals surface area contributed by atoms with Gasteiger partial charge in [-0.1, -0.05) is 51.1 Å². The third-order valence-electron chi connectivity index (χ3n) is 6.81. The van der Waals surface area contributed by atoms with Crippen molar-refractivity contribution in [3.63, 3.8) is 0 Å². The number of nitrogens with zero attached hydrogens (tertiary/aromatic N) is 1. The zero-order valence-corrected chi connectivity index (χ0v) is 20.9. The summed E-state index contributed by atoms with van der Waals surface area (Å²) in [5.41, 5.74) is 1.07. The van der Waals surface area contributed by atoms with Crippen LogP contribution in [0.1, 0.15) is 53.0 Å². The first-order valence-electron chi connectivity index (χ1n) is 11.2. The van der Waals surface area contributed by atoms with Crippen molar-refractivity contribution in [3.05, 3.63) is 35.9 Å². The highest BCUT2D eigenvalue weighted by atomic mass is 28.4. The van der Waals surface area contributed by atoms with Crippen molar-refractivity contribution >= 4 is 20.5 Å². The highest BCUT2D eigenvalue weighted by Crippen LogP contribution is 2.42. The molecule has 4 atom stereocenters. The molecule has 2 heterocycles. The fourth-order valence-electron chi connectivity index (χ4n) is 4.14. The second-order valence-corrected chi connectivity index (χ2v) is 15.4. The molecule has 31 heavy (non-hydrogen) atoms. The number of benzene rings is 1. The average Bonchev–Trinajstić information content (AvgIpc) is 3.19. The number of amides is 1. The second-order valence-electron chi connectivity index (χ2n) is 10.7. The Hall–Kier alpha value is -1.54. The molecule has 1 amide bonds. The van der Waals surface area contributed by atoms with E-state index in [1.165, 1.54) is 0 Å². The number of likely N-dealkylation sites (tertiary alicyclic amines) is 1. The van der Waals surface area contributed by atoms with Gasteiger partial charge in [0.15, 0.2) is 20.4 Å². The Morgan fingerprint density at radius 3 is 2.45 bits per heavy atom. The van der Waals surface area contributed by atoms with Crippen LogP contribution in [0.25, 0.3) is 0 Å². The molecule has 3 rings (SSSR count). The van der Waals surface area contributed by atoms with E-state index in [0.29, 0.717) is 19.4 Å². The molecule has 0 bridgehead atoms. The zero-order chi connectivity index (χ0) is 23.0. The quantitative estimate of drug-likeness (QED) is 0.461. The van der Waals surface area contributed by atoms with Crippen LogP contribution in [-0.2, 0) is 30.0 Å². The van der Waals surface area contributed by atoms with Gasteiger partial charge in [-0.15, -0.1) is 0 Å². The van der Waals surface area contributed by atoms with Crippen molar-refractivity contribution in [2.75, 3.05) is 0 Å². The summed E-state index contributed by atoms with van der Waals surface area (Å²) in [6, 6.07) is 9.81. The van der Waals surface area contributed by atoms with Crippen LogP contribution in [0.2, 0.25) is 18.1 Å². The molecule has 0 spiro atoms. The summed E-state index contributed by atoms with van der Waals surface area (Å²) < 4.78 is 19.0. The highest BCUT2D eigenvalue weighted by Gasteiger charge is 2.53. The molecule has 6 nitrogen and oxygen atoms in total. The van der Waals surface area contributed by atoms with Gasteiger partial charge in [0.25, 0.3) is 0 Å². The third-order valence-corrected chi connectivity index (χ3v) is 11.3. The summed E-state index contributed by atoms with van der Waals surface area (Å²) in [6.45, 7) is 15.1. The van der Waals surface area contributed by atoms with Crippen LogP contribution >= 0.6 is 0 Å². The van der Waals surface area contributed by atoms with Crippen molar-refractivity contribution in [2.45, 2.75) is 102 Å². The maximum absolute atomic E-state index is 12.9. The molecule has 0 aliphatic carbocycles. The Kier molecular flexibility index (Phi) is 6.82. The largest absolute Gasteiger partial charge is 0.409 e. The Morgan fingerprint density at radius 2 is 1.87 bits per heavy atom. The Labute approximate surface area is 187 Å². The van der Waals surface area contributed by atoms with E-state index in [9.17, 15) is 9.59 Å². The fraction of sp³-hybridized carbons (Fsp3) is 0.667. The van der Waals surface area contributed by atoms with Crippen LogP contribution in [0.5, 0.6) is 0 Å². The molecule has 0 unspecified atom stereocenters. The molecule has 2 saturated heterocycles. The molecule has 2 aliphatic rings. The molecular formula is C24H37NO5Si. The van der Waals surface area contributed by atoms with Crippen LogP contribution in [0.3, 0.4) is 0 Å². The van der Waals surface area contributed by atoms with Crippen LogP contribution < -0.4 is 0 Å². The maximum atomic E-state index is 12.9. The van der Waals surface area contributed by atoms with Crippen molar-refractivity contribution in [3.8, 4) is 0 Å². The normalized spacial score (nSPS) is 27.5. The van der Waals surface area contributed by atoms with E-state index in [1.807, 2.05) is 49.1 Å². The highest BCUT2D eigenvalue weighted by molar-refractivity contribution is 6.74. The standard InChI is InChI=1S/C24H37NO5Si/c1-23(2,3)31(6,7)30-21(22-19(16-26)28-24(4,5)29-22)18-13-14-20(27)25(18)15-17-11-9-8-10-12-17/h8-12,16,18-19,21-22H,13-15H2,1-7H3/t18-,19+,21+,22-/m0/s1. The van der Waals surface area contributed by atoms with E-state index < -0.39 is 32.4 Å². The Bertz CT molecular complexity index is 789. The summed E-state index contributed by atoms with van der Waals surface area (Å²) in [6.07, 6.45) is 0.233. The number of ether oxygens (including phenoxy) is 2. The van der Waals surface area contributed by atoms with Gasteiger partial charge >= 0.3 is 0 Å². The molecular weight excluding hydrogens is 410 g/mol. The summed E-state index contributed by atoms with van der Waals surface area (Å²) in [5.74, 6) is -0.767. The van der Waals surface area contributed by atoms with Gasteiger partial charge in [-0.3, -0.25) is 4.79 Å². The second kappa shape index (κ2) is 8.77. The third kappa shape index (κ3) is 5.27. The van der Waals surface area contributed by atoms with Crippen molar-refractivity contribution in [1.29, 1.82) is 0 Å². The number of carbonyl (C=O) groups excluding carboxylic acids is 2. The smallest absolute Gasteiger partial charge is 0.223 e. The average molecular weight is 448 g/mol. The molecule has 172 valence electrons. The lowest BCUT2D eigenvalue weighted by atomic mass is 9.99. The predicted octanol–water partition coefficient (Wildman–Crippen LogP) is 4.29. The number of aldehydes is 1. The van der Waals surface area contributed by atoms with Gasteiger partial charge < -0.3 is 23.6 Å². The minimum atomic E-state index is -2.22. The molecule has 0 aromatic heterocycles. The van der Waals surface area contributed by atoms with Crippen molar-refractivity contribution in [1.82, 2.24) is 4.90 Å². The molecule has 7 heteroatoms. The first-order chi connectivity index (χ1) is 14.3. The number of hydrogen-bond donors (Lipinski definition) is 0. The van der Waals surface area contributed by atoms with E-state index in [4.69, 9.17) is 13.9 Å². The van der Waals surface area contributed by atoms with Crippen LogP contribution in [0.4, 0.5) is 0 Å². The number of rotatable bonds is 7. The molecule has 2 fully saturated rings. The van der Waals surface area contributed by atoms with Gasteiger partial charge in [-0.2, -0.15) is 0 Å². The molecule has 0 radical (unpaired) electrons. The monoisotopic (exact) mass is 447 g/mol. The minimum Gasteiger partial charge on any atom is -0.409 e. The van der Waals surface area contributed by atoms with E-state index in [-0.39, 0.29) is 17.0 Å². The predicted molar refractivity (Wildman–Crippen MR) is 122 cm³/mol. The van der Waals surface area contributed by atoms with Crippen LogP contribution in [0, 0.1) is 0 Å². The van der Waals surface area contributed by atoms with E-state index in [1.54, 1.807) is 0 Å². The molecule has 2 aliphatic heterocycles. The summed E-state index contributed by atoms with van der Waals surface area (Å²) in [7, 11) is -2.22. The van der Waals surface area contributed by atoms with Gasteiger partial charge in [0.2, 0.25) is 5.91 Å². The Balaban J connectivity index is 1.96. The molecule has 0 saturated carbocycles. The summed E-state index contributed by atoms with van der Waals surface area (Å²) >= 11 is 0. The Morgan fingerprint density at radius 1 is 1.23 bits per heavy atom. The lowest BCUT2D eigenvalue weighted by Crippen LogP contribution is -2.56. The van der Waals surface area contributed by atoms with Gasteiger partial charge in [0.05, 0.1) is 12.1 Å². The van der Waals surface area contributed by atoms with Gasteiger partial charge in [-0.05, 0) is 44.0 Å². The van der Waals surface area contributed by atoms with Gasteiger partial charge in [0.1, 0.15) is 12.2 Å². The summed E-state index contributed by atoms with van der Waals surface area (Å²) in [5, 5.41) is -0.0240. The number of hydrogen-bond acceptors (Lipinski definition) is 5. The SMILES string of the molecule is CC1(C)O[C@H]([C@H](O[Si](C)(C)C(C)(C)C)[C@@H]2CCC(=O)N2Cc2ccccc2)[C@@H](C=O)O1. The lowest BCUT2D eigenvalue weighted by Gasteiger charge is -2.44. The molecule has 1 aromatic rings. The minimum absolute atomic E-state index is 0.0240. The van der Waals surface area contributed by atoms with Crippen molar-refractivity contribution < 1.29 is 23.5 Å². The van der Waals surface area contributed by atoms with E-state index >= 15 is 0 Å². The zero-order valence-electron chi connectivity index (χ0n) is 19.9. The van der Waals surface area contributed by atoms with E-state index in [2.05, 4.69) is 33.9 Å². The first kappa shape index (κ1) is 24.1. The van der Waals surface area contributed by atoms with Gasteiger partial charge in [-0.25, -0.2) is 0 Å². The molecule has 1 aromatic carbocycles. The lowest BCUT2D eigenvalue weighted by molar-refractivity contribution is -0.159. The summed E-state index contributed by atoms with van der Waals surface area (Å²) in [4.78, 5) is 26.7. The van der Waals surface area contributed by atoms with Crippen LogP contribution in [-0.4, -0.2) is 55.6 Å². The maximum Gasteiger partial charge on any atom is 0.223 e. The molecule has 0 N–H and O–H groups in total.